The van der Waals surface area contributed by atoms with Crippen LogP contribution in [0.2, 0.25) is 0 Å². The van der Waals surface area contributed by atoms with Gasteiger partial charge in [0, 0.05) is 29.8 Å². The van der Waals surface area contributed by atoms with Crippen LogP contribution in [0.3, 0.4) is 0 Å². The highest BCUT2D eigenvalue weighted by atomic mass is 32.1. The first-order chi connectivity index (χ1) is 13.3. The highest BCUT2D eigenvalue weighted by molar-refractivity contribution is 7.80. The van der Waals surface area contributed by atoms with E-state index >= 15 is 0 Å². The molecule has 2 aromatic carbocycles. The minimum absolute atomic E-state index is 0.0414. The SMILES string of the molecule is COc1ccc2c(c1)OC(C)(C)C[C@H]2NC(=S)Nc1cccc(OC(C)C)c1. The van der Waals surface area contributed by atoms with Crippen LogP contribution in [0, 0.1) is 0 Å². The lowest BCUT2D eigenvalue weighted by molar-refractivity contribution is 0.0693. The Morgan fingerprint density at radius 1 is 1.18 bits per heavy atom. The van der Waals surface area contributed by atoms with Crippen molar-refractivity contribution in [2.24, 2.45) is 0 Å². The summed E-state index contributed by atoms with van der Waals surface area (Å²) in [7, 11) is 1.65. The number of fused-ring (bicyclic) bond motifs is 1. The molecule has 1 aliphatic rings. The average molecular weight is 401 g/mol. The van der Waals surface area contributed by atoms with E-state index in [-0.39, 0.29) is 17.7 Å². The van der Waals surface area contributed by atoms with Crippen molar-refractivity contribution >= 4 is 23.0 Å². The highest BCUT2D eigenvalue weighted by Crippen LogP contribution is 2.41. The second-order valence-electron chi connectivity index (χ2n) is 7.82. The molecular weight excluding hydrogens is 372 g/mol. The minimum Gasteiger partial charge on any atom is -0.497 e. The van der Waals surface area contributed by atoms with E-state index in [9.17, 15) is 0 Å². The fraction of sp³-hybridized carbons (Fsp3) is 0.409. The third-order valence-corrected chi connectivity index (χ3v) is 4.67. The predicted molar refractivity (Wildman–Crippen MR) is 117 cm³/mol. The maximum Gasteiger partial charge on any atom is 0.171 e. The normalized spacial score (nSPS) is 17.3. The van der Waals surface area contributed by atoms with E-state index in [1.807, 2.05) is 56.3 Å². The van der Waals surface area contributed by atoms with Gasteiger partial charge in [0.15, 0.2) is 5.11 Å². The van der Waals surface area contributed by atoms with Gasteiger partial charge >= 0.3 is 0 Å². The van der Waals surface area contributed by atoms with Gasteiger partial charge in [-0.3, -0.25) is 0 Å². The molecule has 0 aromatic heterocycles. The Morgan fingerprint density at radius 3 is 2.68 bits per heavy atom. The van der Waals surface area contributed by atoms with Crippen LogP contribution in [0.5, 0.6) is 17.2 Å². The Bertz CT molecular complexity index is 851. The van der Waals surface area contributed by atoms with Crippen LogP contribution in [-0.4, -0.2) is 23.9 Å². The molecule has 0 radical (unpaired) electrons. The van der Waals surface area contributed by atoms with Crippen molar-refractivity contribution in [1.82, 2.24) is 5.32 Å². The molecule has 28 heavy (non-hydrogen) atoms. The molecule has 1 atom stereocenters. The lowest BCUT2D eigenvalue weighted by Gasteiger charge is -2.38. The molecule has 2 aromatic rings. The van der Waals surface area contributed by atoms with Crippen LogP contribution in [0.4, 0.5) is 5.69 Å². The number of hydrogen-bond acceptors (Lipinski definition) is 4. The fourth-order valence-electron chi connectivity index (χ4n) is 3.33. The summed E-state index contributed by atoms with van der Waals surface area (Å²) in [5.41, 5.74) is 1.65. The number of nitrogens with one attached hydrogen (secondary N) is 2. The zero-order valence-corrected chi connectivity index (χ0v) is 17.9. The summed E-state index contributed by atoms with van der Waals surface area (Å²) in [4.78, 5) is 0. The summed E-state index contributed by atoms with van der Waals surface area (Å²) in [6.07, 6.45) is 0.920. The molecule has 0 aliphatic carbocycles. The highest BCUT2D eigenvalue weighted by Gasteiger charge is 2.34. The number of benzene rings is 2. The van der Waals surface area contributed by atoms with Gasteiger partial charge in [0.2, 0.25) is 0 Å². The predicted octanol–water partition coefficient (Wildman–Crippen LogP) is 5.07. The van der Waals surface area contributed by atoms with Gasteiger partial charge in [-0.1, -0.05) is 6.07 Å². The number of methoxy groups -OCH3 is 1. The first-order valence-corrected chi connectivity index (χ1v) is 9.88. The van der Waals surface area contributed by atoms with Gasteiger partial charge in [0.1, 0.15) is 22.8 Å². The first kappa shape index (κ1) is 20.3. The molecule has 0 spiro atoms. The zero-order valence-electron chi connectivity index (χ0n) is 17.0. The van der Waals surface area contributed by atoms with Gasteiger partial charge in [-0.15, -0.1) is 0 Å². The lowest BCUT2D eigenvalue weighted by Crippen LogP contribution is -2.42. The van der Waals surface area contributed by atoms with Gasteiger partial charge < -0.3 is 24.8 Å². The third-order valence-electron chi connectivity index (χ3n) is 4.45. The molecule has 0 saturated carbocycles. The Balaban J connectivity index is 1.73. The summed E-state index contributed by atoms with van der Waals surface area (Å²) < 4.78 is 17.2. The Hall–Kier alpha value is -2.47. The molecule has 150 valence electrons. The van der Waals surface area contributed by atoms with Gasteiger partial charge in [-0.05, 0) is 64.2 Å². The summed E-state index contributed by atoms with van der Waals surface area (Å²) in [6, 6.07) is 13.7. The molecule has 0 bridgehead atoms. The third kappa shape index (κ3) is 5.07. The molecule has 0 fully saturated rings. The van der Waals surface area contributed by atoms with E-state index in [0.29, 0.717) is 5.11 Å². The number of ether oxygens (including phenoxy) is 3. The summed E-state index contributed by atoms with van der Waals surface area (Å²) >= 11 is 5.57. The summed E-state index contributed by atoms with van der Waals surface area (Å²) in [5, 5.41) is 7.26. The second kappa shape index (κ2) is 8.27. The lowest BCUT2D eigenvalue weighted by atomic mass is 9.89. The average Bonchev–Trinajstić information content (AvgIpc) is 2.59. The van der Waals surface area contributed by atoms with E-state index in [1.165, 1.54) is 0 Å². The van der Waals surface area contributed by atoms with E-state index in [1.54, 1.807) is 7.11 Å². The van der Waals surface area contributed by atoms with E-state index < -0.39 is 0 Å². The van der Waals surface area contributed by atoms with Crippen molar-refractivity contribution in [1.29, 1.82) is 0 Å². The quantitative estimate of drug-likeness (QED) is 0.684. The van der Waals surface area contributed by atoms with E-state index in [2.05, 4.69) is 24.5 Å². The molecule has 1 aliphatic heterocycles. The standard InChI is InChI=1S/C22H28N2O3S/c1-14(2)26-17-8-6-7-15(11-17)23-21(28)24-19-13-22(3,4)27-20-12-16(25-5)9-10-18(19)20/h6-12,14,19H,13H2,1-5H3,(H2,23,24,28)/t19-/m1/s1. The minimum atomic E-state index is -0.308. The van der Waals surface area contributed by atoms with Crippen LogP contribution < -0.4 is 24.8 Å². The molecule has 6 heteroatoms. The topological polar surface area (TPSA) is 51.8 Å². The Labute approximate surface area is 172 Å². The molecule has 0 unspecified atom stereocenters. The monoisotopic (exact) mass is 400 g/mol. The van der Waals surface area contributed by atoms with E-state index in [0.717, 1.165) is 34.9 Å². The summed E-state index contributed by atoms with van der Waals surface area (Å²) in [6.45, 7) is 8.16. The zero-order chi connectivity index (χ0) is 20.3. The van der Waals surface area contributed by atoms with Crippen LogP contribution in [0.1, 0.15) is 45.7 Å². The van der Waals surface area contributed by atoms with E-state index in [4.69, 9.17) is 26.4 Å². The number of anilines is 1. The summed E-state index contributed by atoms with van der Waals surface area (Å²) in [5.74, 6) is 2.41. The van der Waals surface area contributed by atoms with Crippen LogP contribution in [-0.2, 0) is 0 Å². The maximum absolute atomic E-state index is 6.14. The van der Waals surface area contributed by atoms with Gasteiger partial charge in [0.05, 0.1) is 19.3 Å². The number of rotatable bonds is 5. The molecular formula is C22H28N2O3S. The van der Waals surface area contributed by atoms with Gasteiger partial charge in [-0.25, -0.2) is 0 Å². The maximum atomic E-state index is 6.14. The Morgan fingerprint density at radius 2 is 1.96 bits per heavy atom. The smallest absolute Gasteiger partial charge is 0.171 e. The van der Waals surface area contributed by atoms with Crippen molar-refractivity contribution in [2.45, 2.75) is 51.9 Å². The van der Waals surface area contributed by atoms with Crippen molar-refractivity contribution in [3.8, 4) is 17.2 Å². The molecule has 0 amide bonds. The van der Waals surface area contributed by atoms with Crippen molar-refractivity contribution in [3.05, 3.63) is 48.0 Å². The molecule has 1 heterocycles. The number of thiocarbonyl (C=S) groups is 1. The largest absolute Gasteiger partial charge is 0.497 e. The van der Waals surface area contributed by atoms with Crippen LogP contribution in [0.15, 0.2) is 42.5 Å². The van der Waals surface area contributed by atoms with Crippen molar-refractivity contribution in [2.75, 3.05) is 12.4 Å². The van der Waals surface area contributed by atoms with Crippen LogP contribution in [0.25, 0.3) is 0 Å². The van der Waals surface area contributed by atoms with Gasteiger partial charge in [0.25, 0.3) is 0 Å². The molecule has 2 N–H and O–H groups in total. The van der Waals surface area contributed by atoms with Crippen molar-refractivity contribution in [3.63, 3.8) is 0 Å². The van der Waals surface area contributed by atoms with Crippen LogP contribution >= 0.6 is 12.2 Å². The second-order valence-corrected chi connectivity index (χ2v) is 8.22. The van der Waals surface area contributed by atoms with Crippen molar-refractivity contribution < 1.29 is 14.2 Å². The van der Waals surface area contributed by atoms with Gasteiger partial charge in [-0.2, -0.15) is 0 Å². The molecule has 3 rings (SSSR count). The first-order valence-electron chi connectivity index (χ1n) is 9.47. The number of hydrogen-bond donors (Lipinski definition) is 2. The fourth-order valence-corrected chi connectivity index (χ4v) is 3.59. The molecule has 0 saturated heterocycles. The molecule has 5 nitrogen and oxygen atoms in total. The Kier molecular flexibility index (Phi) is 5.98.